The molecule has 1 atom stereocenters. The van der Waals surface area contributed by atoms with Crippen LogP contribution >= 0.6 is 11.8 Å². The minimum Gasteiger partial charge on any atom is -0.337 e. The van der Waals surface area contributed by atoms with E-state index in [1.54, 1.807) is 0 Å². The van der Waals surface area contributed by atoms with Crippen molar-refractivity contribution in [1.82, 2.24) is 4.90 Å². The number of thioether (sulfide) groups is 1. The molecule has 1 fully saturated rings. The first kappa shape index (κ1) is 17.1. The molecule has 128 valence electrons. The van der Waals surface area contributed by atoms with Crippen LogP contribution in [0.4, 0.5) is 5.69 Å². The highest BCUT2D eigenvalue weighted by atomic mass is 32.2. The Bertz CT molecular complexity index is 651. The number of nitrogens with one attached hydrogen (secondary N) is 1. The van der Waals surface area contributed by atoms with E-state index in [2.05, 4.69) is 17.5 Å². The first-order chi connectivity index (χ1) is 11.6. The van der Waals surface area contributed by atoms with Gasteiger partial charge in [0.1, 0.15) is 0 Å². The van der Waals surface area contributed by atoms with Crippen molar-refractivity contribution in [1.29, 1.82) is 0 Å². The van der Waals surface area contributed by atoms with Crippen molar-refractivity contribution in [2.75, 3.05) is 29.9 Å². The molecule has 1 aromatic rings. The summed E-state index contributed by atoms with van der Waals surface area (Å²) in [5.41, 5.74) is 2.45. The van der Waals surface area contributed by atoms with E-state index in [0.29, 0.717) is 5.56 Å². The van der Waals surface area contributed by atoms with Gasteiger partial charge in [-0.2, -0.15) is 11.8 Å². The van der Waals surface area contributed by atoms with Crippen LogP contribution in [0, 0.1) is 12.8 Å². The van der Waals surface area contributed by atoms with Gasteiger partial charge in [-0.15, -0.1) is 0 Å². The number of rotatable bonds is 3. The number of hydrogen-bond acceptors (Lipinski definition) is 3. The minimum atomic E-state index is 0.0570. The Kier molecular flexibility index (Phi) is 5.61. The predicted molar refractivity (Wildman–Crippen MR) is 99.5 cm³/mol. The number of nitrogens with zero attached hydrogens (tertiary/aromatic N) is 1. The number of allylic oxidation sites excluding steroid dienone is 2. The zero-order chi connectivity index (χ0) is 16.9. The monoisotopic (exact) mass is 344 g/mol. The van der Waals surface area contributed by atoms with Gasteiger partial charge in [0.25, 0.3) is 5.91 Å². The van der Waals surface area contributed by atoms with E-state index in [1.165, 1.54) is 0 Å². The number of amides is 2. The van der Waals surface area contributed by atoms with Gasteiger partial charge in [-0.25, -0.2) is 0 Å². The molecule has 1 heterocycles. The highest BCUT2D eigenvalue weighted by Crippen LogP contribution is 2.23. The molecule has 4 nitrogen and oxygen atoms in total. The van der Waals surface area contributed by atoms with Crippen LogP contribution < -0.4 is 5.32 Å². The zero-order valence-electron chi connectivity index (χ0n) is 14.1. The molecule has 3 rings (SSSR count). The molecule has 1 saturated heterocycles. The third-order valence-electron chi connectivity index (χ3n) is 4.67. The molecule has 0 radical (unpaired) electrons. The second-order valence-corrected chi connectivity index (χ2v) is 7.63. The normalized spacial score (nSPS) is 20.7. The standard InChI is InChI=1S/C19H24N2O2S/c1-14-13-16(19(23)21-9-11-24-12-10-21)7-8-17(14)20-18(22)15-5-3-2-4-6-15/h2-3,7-8,13,15H,4-6,9-12H2,1H3,(H,20,22)/t15-/m0/s1. The lowest BCUT2D eigenvalue weighted by Gasteiger charge is -2.26. The summed E-state index contributed by atoms with van der Waals surface area (Å²) in [6.07, 6.45) is 6.91. The molecule has 5 heteroatoms. The first-order valence-electron chi connectivity index (χ1n) is 8.58. The molecule has 2 amide bonds. The average Bonchev–Trinajstić information content (AvgIpc) is 2.64. The Morgan fingerprint density at radius 3 is 2.67 bits per heavy atom. The lowest BCUT2D eigenvalue weighted by Crippen LogP contribution is -2.37. The SMILES string of the molecule is Cc1cc(C(=O)N2CCSCC2)ccc1NC(=O)[C@H]1CC=CCC1. The van der Waals surface area contributed by atoms with Gasteiger partial charge in [0.15, 0.2) is 0 Å². The van der Waals surface area contributed by atoms with Gasteiger partial charge >= 0.3 is 0 Å². The summed E-state index contributed by atoms with van der Waals surface area (Å²) in [6, 6.07) is 5.58. The van der Waals surface area contributed by atoms with Crippen molar-refractivity contribution in [2.24, 2.45) is 5.92 Å². The van der Waals surface area contributed by atoms with E-state index in [9.17, 15) is 9.59 Å². The average molecular weight is 344 g/mol. The summed E-state index contributed by atoms with van der Waals surface area (Å²) >= 11 is 1.89. The van der Waals surface area contributed by atoms with E-state index in [0.717, 1.165) is 55.1 Å². The molecule has 1 aliphatic heterocycles. The van der Waals surface area contributed by atoms with Crippen LogP contribution in [0.3, 0.4) is 0 Å². The van der Waals surface area contributed by atoms with Crippen molar-refractivity contribution in [3.63, 3.8) is 0 Å². The van der Waals surface area contributed by atoms with E-state index < -0.39 is 0 Å². The molecule has 0 saturated carbocycles. The highest BCUT2D eigenvalue weighted by Gasteiger charge is 2.21. The van der Waals surface area contributed by atoms with Crippen LogP contribution in [0.1, 0.15) is 35.2 Å². The van der Waals surface area contributed by atoms with Crippen molar-refractivity contribution < 1.29 is 9.59 Å². The van der Waals surface area contributed by atoms with Crippen molar-refractivity contribution in [3.05, 3.63) is 41.5 Å². The Balaban J connectivity index is 1.66. The number of anilines is 1. The Labute approximate surface area is 147 Å². The van der Waals surface area contributed by atoms with Gasteiger partial charge in [-0.3, -0.25) is 9.59 Å². The van der Waals surface area contributed by atoms with E-state index in [-0.39, 0.29) is 17.7 Å². The molecule has 1 aromatic carbocycles. The molecule has 0 spiro atoms. The molecule has 0 aromatic heterocycles. The lowest BCUT2D eigenvalue weighted by molar-refractivity contribution is -0.120. The van der Waals surface area contributed by atoms with Crippen molar-refractivity contribution >= 4 is 29.3 Å². The molecule has 1 aliphatic carbocycles. The van der Waals surface area contributed by atoms with Gasteiger partial charge in [0, 0.05) is 41.8 Å². The number of carbonyl (C=O) groups is 2. The molecule has 0 unspecified atom stereocenters. The largest absolute Gasteiger partial charge is 0.337 e. The minimum absolute atomic E-state index is 0.0570. The van der Waals surface area contributed by atoms with Crippen molar-refractivity contribution in [3.8, 4) is 0 Å². The van der Waals surface area contributed by atoms with Crippen LogP contribution in [-0.2, 0) is 4.79 Å². The smallest absolute Gasteiger partial charge is 0.253 e. The fourth-order valence-corrected chi connectivity index (χ4v) is 4.06. The molecule has 0 bridgehead atoms. The number of benzene rings is 1. The van der Waals surface area contributed by atoms with E-state index in [1.807, 2.05) is 41.8 Å². The van der Waals surface area contributed by atoms with Gasteiger partial charge in [-0.05, 0) is 49.9 Å². The Hall–Kier alpha value is -1.75. The van der Waals surface area contributed by atoms with Gasteiger partial charge in [0.05, 0.1) is 0 Å². The summed E-state index contributed by atoms with van der Waals surface area (Å²) in [6.45, 7) is 3.58. The second kappa shape index (κ2) is 7.88. The third-order valence-corrected chi connectivity index (χ3v) is 5.61. The number of carbonyl (C=O) groups excluding carboxylic acids is 2. The summed E-state index contributed by atoms with van der Waals surface area (Å²) in [7, 11) is 0. The zero-order valence-corrected chi connectivity index (χ0v) is 14.9. The Morgan fingerprint density at radius 1 is 1.21 bits per heavy atom. The topological polar surface area (TPSA) is 49.4 Å². The fourth-order valence-electron chi connectivity index (χ4n) is 3.15. The van der Waals surface area contributed by atoms with Crippen LogP contribution in [0.15, 0.2) is 30.4 Å². The third kappa shape index (κ3) is 4.01. The molecule has 1 N–H and O–H groups in total. The van der Waals surface area contributed by atoms with E-state index in [4.69, 9.17) is 0 Å². The molecule has 24 heavy (non-hydrogen) atoms. The fraction of sp³-hybridized carbons (Fsp3) is 0.474. The van der Waals surface area contributed by atoms with Crippen LogP contribution in [0.2, 0.25) is 0 Å². The molecular weight excluding hydrogens is 320 g/mol. The number of aryl methyl sites for hydroxylation is 1. The van der Waals surface area contributed by atoms with Gasteiger partial charge in [0.2, 0.25) is 5.91 Å². The predicted octanol–water partition coefficient (Wildman–Crippen LogP) is 3.48. The molecular formula is C19H24N2O2S. The van der Waals surface area contributed by atoms with Crippen LogP contribution in [-0.4, -0.2) is 41.3 Å². The van der Waals surface area contributed by atoms with Crippen molar-refractivity contribution in [2.45, 2.75) is 26.2 Å². The quantitative estimate of drug-likeness (QED) is 0.854. The summed E-state index contributed by atoms with van der Waals surface area (Å²) < 4.78 is 0. The van der Waals surface area contributed by atoms with Crippen LogP contribution in [0.5, 0.6) is 0 Å². The maximum atomic E-state index is 12.6. The lowest BCUT2D eigenvalue weighted by atomic mass is 9.93. The Morgan fingerprint density at radius 2 is 2.00 bits per heavy atom. The van der Waals surface area contributed by atoms with Gasteiger partial charge < -0.3 is 10.2 Å². The maximum absolute atomic E-state index is 12.6. The van der Waals surface area contributed by atoms with E-state index >= 15 is 0 Å². The summed E-state index contributed by atoms with van der Waals surface area (Å²) in [4.78, 5) is 26.8. The van der Waals surface area contributed by atoms with Gasteiger partial charge in [-0.1, -0.05) is 12.2 Å². The second-order valence-electron chi connectivity index (χ2n) is 6.40. The maximum Gasteiger partial charge on any atom is 0.253 e. The van der Waals surface area contributed by atoms with Crippen LogP contribution in [0.25, 0.3) is 0 Å². The highest BCUT2D eigenvalue weighted by molar-refractivity contribution is 7.99. The first-order valence-corrected chi connectivity index (χ1v) is 9.74. The number of hydrogen-bond donors (Lipinski definition) is 1. The molecule has 2 aliphatic rings. The summed E-state index contributed by atoms with van der Waals surface area (Å²) in [5, 5.41) is 3.02. The summed E-state index contributed by atoms with van der Waals surface area (Å²) in [5.74, 6) is 2.24.